The number of rotatable bonds is 4. The monoisotopic (exact) mass is 330 g/mol. The first kappa shape index (κ1) is 16.4. The minimum Gasteiger partial charge on any atom is -0.378 e. The highest BCUT2D eigenvalue weighted by Crippen LogP contribution is 2.29. The summed E-state index contributed by atoms with van der Waals surface area (Å²) in [6.45, 7) is 3.00. The molecule has 1 fully saturated rings. The lowest BCUT2D eigenvalue weighted by atomic mass is 9.90. The predicted molar refractivity (Wildman–Crippen MR) is 87.6 cm³/mol. The molecule has 126 valence electrons. The van der Waals surface area contributed by atoms with Gasteiger partial charge in [-0.25, -0.2) is 9.87 Å². The maximum atomic E-state index is 14.1. The average molecular weight is 330 g/mol. The van der Waals surface area contributed by atoms with Crippen LogP contribution in [0.4, 0.5) is 10.1 Å². The maximum absolute atomic E-state index is 14.1. The van der Waals surface area contributed by atoms with Gasteiger partial charge in [-0.15, -0.1) is 0 Å². The van der Waals surface area contributed by atoms with E-state index in [4.69, 9.17) is 9.94 Å². The summed E-state index contributed by atoms with van der Waals surface area (Å²) in [5.74, 6) is -2.06. The molecule has 1 aliphatic heterocycles. The SMILES string of the molecule is O=C(NO)C(c1ccc(N2CCOCC2)cc1)c1ccccc1F. The van der Waals surface area contributed by atoms with Crippen LogP contribution in [0.1, 0.15) is 17.0 Å². The van der Waals surface area contributed by atoms with Crippen LogP contribution < -0.4 is 10.4 Å². The van der Waals surface area contributed by atoms with E-state index >= 15 is 0 Å². The summed E-state index contributed by atoms with van der Waals surface area (Å²) in [5.41, 5.74) is 3.50. The largest absolute Gasteiger partial charge is 0.378 e. The number of amides is 1. The number of morpholine rings is 1. The third kappa shape index (κ3) is 3.39. The van der Waals surface area contributed by atoms with Crippen molar-refractivity contribution in [3.8, 4) is 0 Å². The lowest BCUT2D eigenvalue weighted by Gasteiger charge is -2.29. The minimum absolute atomic E-state index is 0.225. The molecular weight excluding hydrogens is 311 g/mol. The van der Waals surface area contributed by atoms with E-state index in [9.17, 15) is 9.18 Å². The van der Waals surface area contributed by atoms with Gasteiger partial charge < -0.3 is 9.64 Å². The van der Waals surface area contributed by atoms with Gasteiger partial charge in [0.05, 0.1) is 19.1 Å². The Morgan fingerprint density at radius 3 is 2.42 bits per heavy atom. The average Bonchev–Trinajstić information content (AvgIpc) is 2.64. The fraction of sp³-hybridized carbons (Fsp3) is 0.278. The van der Waals surface area contributed by atoms with Crippen molar-refractivity contribution < 1.29 is 19.1 Å². The molecule has 0 spiro atoms. The summed E-state index contributed by atoms with van der Waals surface area (Å²) in [7, 11) is 0. The van der Waals surface area contributed by atoms with Crippen molar-refractivity contribution >= 4 is 11.6 Å². The van der Waals surface area contributed by atoms with Crippen LogP contribution in [0.3, 0.4) is 0 Å². The molecule has 1 saturated heterocycles. The van der Waals surface area contributed by atoms with Gasteiger partial charge in [-0.1, -0.05) is 30.3 Å². The van der Waals surface area contributed by atoms with Gasteiger partial charge in [0.15, 0.2) is 0 Å². The zero-order valence-electron chi connectivity index (χ0n) is 13.1. The number of halogens is 1. The number of hydrogen-bond donors (Lipinski definition) is 2. The van der Waals surface area contributed by atoms with Gasteiger partial charge in [0.25, 0.3) is 5.91 Å². The van der Waals surface area contributed by atoms with Gasteiger partial charge in [-0.3, -0.25) is 10.0 Å². The third-order valence-electron chi connectivity index (χ3n) is 4.19. The molecule has 2 aromatic rings. The van der Waals surface area contributed by atoms with E-state index in [-0.39, 0.29) is 5.56 Å². The topological polar surface area (TPSA) is 61.8 Å². The first-order chi connectivity index (χ1) is 11.7. The molecule has 2 N–H and O–H groups in total. The van der Waals surface area contributed by atoms with Crippen LogP contribution in [0.5, 0.6) is 0 Å². The molecule has 6 heteroatoms. The predicted octanol–water partition coefficient (Wildman–Crippen LogP) is 2.30. The molecule has 1 heterocycles. The van der Waals surface area contributed by atoms with Crippen molar-refractivity contribution in [2.45, 2.75) is 5.92 Å². The minimum atomic E-state index is -0.907. The van der Waals surface area contributed by atoms with Crippen LogP contribution in [0, 0.1) is 5.82 Å². The summed E-state index contributed by atoms with van der Waals surface area (Å²) in [4.78, 5) is 14.3. The summed E-state index contributed by atoms with van der Waals surface area (Å²) < 4.78 is 19.4. The first-order valence-corrected chi connectivity index (χ1v) is 7.81. The smallest absolute Gasteiger partial charge is 0.255 e. The molecule has 1 atom stereocenters. The Morgan fingerprint density at radius 2 is 1.79 bits per heavy atom. The number of carbonyl (C=O) groups is 1. The third-order valence-corrected chi connectivity index (χ3v) is 4.19. The Balaban J connectivity index is 1.91. The number of anilines is 1. The molecular formula is C18H19FN2O3. The summed E-state index contributed by atoms with van der Waals surface area (Å²) in [5, 5.41) is 9.03. The Labute approximate surface area is 139 Å². The second kappa shape index (κ2) is 7.42. The first-order valence-electron chi connectivity index (χ1n) is 7.81. The van der Waals surface area contributed by atoms with E-state index in [1.807, 2.05) is 12.1 Å². The van der Waals surface area contributed by atoms with E-state index in [1.165, 1.54) is 6.07 Å². The molecule has 1 amide bonds. The zero-order chi connectivity index (χ0) is 16.9. The lowest BCUT2D eigenvalue weighted by Crippen LogP contribution is -2.36. The molecule has 0 aromatic heterocycles. The Kier molecular flexibility index (Phi) is 5.08. The van der Waals surface area contributed by atoms with Gasteiger partial charge in [0.2, 0.25) is 0 Å². The molecule has 1 aliphatic rings. The highest BCUT2D eigenvalue weighted by atomic mass is 19.1. The molecule has 0 radical (unpaired) electrons. The van der Waals surface area contributed by atoms with Crippen molar-refractivity contribution in [2.24, 2.45) is 0 Å². The number of hydrogen-bond acceptors (Lipinski definition) is 4. The van der Waals surface area contributed by atoms with E-state index < -0.39 is 17.6 Å². The van der Waals surface area contributed by atoms with E-state index in [0.717, 1.165) is 18.8 Å². The van der Waals surface area contributed by atoms with Crippen molar-refractivity contribution in [3.63, 3.8) is 0 Å². The van der Waals surface area contributed by atoms with Crippen LogP contribution in [0.15, 0.2) is 48.5 Å². The molecule has 1 unspecified atom stereocenters. The molecule has 3 rings (SSSR count). The summed E-state index contributed by atoms with van der Waals surface area (Å²) in [6.07, 6.45) is 0. The molecule has 0 aliphatic carbocycles. The molecule has 24 heavy (non-hydrogen) atoms. The van der Waals surface area contributed by atoms with Gasteiger partial charge >= 0.3 is 0 Å². The fourth-order valence-corrected chi connectivity index (χ4v) is 2.95. The fourth-order valence-electron chi connectivity index (χ4n) is 2.95. The number of nitrogens with one attached hydrogen (secondary N) is 1. The molecule has 5 nitrogen and oxygen atoms in total. The standard InChI is InChI=1S/C18H19FN2O3/c19-16-4-2-1-3-15(16)17(18(22)20-23)13-5-7-14(8-6-13)21-9-11-24-12-10-21/h1-8,17,23H,9-12H2,(H,20,22). The van der Waals surface area contributed by atoms with Gasteiger partial charge in [0.1, 0.15) is 5.82 Å². The summed E-state index contributed by atoms with van der Waals surface area (Å²) in [6, 6.07) is 13.5. The number of carbonyl (C=O) groups excluding carboxylic acids is 1. The second-order valence-electron chi connectivity index (χ2n) is 5.62. The maximum Gasteiger partial charge on any atom is 0.255 e. The van der Waals surface area contributed by atoms with E-state index in [2.05, 4.69) is 4.90 Å². The highest BCUT2D eigenvalue weighted by molar-refractivity contribution is 5.86. The van der Waals surface area contributed by atoms with Gasteiger partial charge in [-0.05, 0) is 23.8 Å². The normalized spacial score (nSPS) is 15.8. The quantitative estimate of drug-likeness (QED) is 0.667. The van der Waals surface area contributed by atoms with Crippen molar-refractivity contribution in [1.29, 1.82) is 0 Å². The Hall–Kier alpha value is -2.44. The van der Waals surface area contributed by atoms with Crippen LogP contribution in [-0.4, -0.2) is 37.4 Å². The lowest BCUT2D eigenvalue weighted by molar-refractivity contribution is -0.129. The zero-order valence-corrected chi connectivity index (χ0v) is 13.1. The Morgan fingerprint density at radius 1 is 1.12 bits per heavy atom. The van der Waals surface area contributed by atoms with Gasteiger partial charge in [0, 0.05) is 24.3 Å². The summed E-state index contributed by atoms with van der Waals surface area (Å²) >= 11 is 0. The molecule has 0 saturated carbocycles. The molecule has 2 aromatic carbocycles. The second-order valence-corrected chi connectivity index (χ2v) is 5.62. The number of benzene rings is 2. The van der Waals surface area contributed by atoms with Crippen LogP contribution in [0.2, 0.25) is 0 Å². The van der Waals surface area contributed by atoms with Crippen LogP contribution >= 0.6 is 0 Å². The van der Waals surface area contributed by atoms with Crippen molar-refractivity contribution in [3.05, 3.63) is 65.5 Å². The van der Waals surface area contributed by atoms with Crippen LogP contribution in [-0.2, 0) is 9.53 Å². The number of ether oxygens (including phenoxy) is 1. The molecule has 0 bridgehead atoms. The van der Waals surface area contributed by atoms with Gasteiger partial charge in [-0.2, -0.15) is 0 Å². The Bertz CT molecular complexity index is 700. The van der Waals surface area contributed by atoms with Crippen LogP contribution in [0.25, 0.3) is 0 Å². The number of nitrogens with zero attached hydrogens (tertiary/aromatic N) is 1. The highest BCUT2D eigenvalue weighted by Gasteiger charge is 2.25. The van der Waals surface area contributed by atoms with E-state index in [1.54, 1.807) is 35.8 Å². The van der Waals surface area contributed by atoms with E-state index in [0.29, 0.717) is 18.8 Å². The van der Waals surface area contributed by atoms with Crippen molar-refractivity contribution in [1.82, 2.24) is 5.48 Å². The number of hydroxylamine groups is 1. The van der Waals surface area contributed by atoms with Crippen molar-refractivity contribution in [2.75, 3.05) is 31.2 Å².